The molecule has 0 radical (unpaired) electrons. The molecule has 1 amide bonds. The van der Waals surface area contributed by atoms with Crippen molar-refractivity contribution in [3.63, 3.8) is 0 Å². The second-order valence-electron chi connectivity index (χ2n) is 6.98. The molecule has 1 aliphatic heterocycles. The van der Waals surface area contributed by atoms with Gasteiger partial charge in [0.1, 0.15) is 10.7 Å². The number of fused-ring (bicyclic) bond motifs is 1. The summed E-state index contributed by atoms with van der Waals surface area (Å²) in [5.74, 6) is -1.40. The van der Waals surface area contributed by atoms with Gasteiger partial charge in [0.2, 0.25) is 0 Å². The number of nitrogens with one attached hydrogen (secondary N) is 1. The molecule has 2 heterocycles. The van der Waals surface area contributed by atoms with Gasteiger partial charge in [0, 0.05) is 29.2 Å². The first-order chi connectivity index (χ1) is 14.5. The molecular formula is C22H21FN2O4S. The fourth-order valence-electron chi connectivity index (χ4n) is 3.21. The number of esters is 1. The Morgan fingerprint density at radius 2 is 1.87 bits per heavy atom. The first-order valence-electron chi connectivity index (χ1n) is 9.63. The van der Waals surface area contributed by atoms with Gasteiger partial charge < -0.3 is 19.7 Å². The summed E-state index contributed by atoms with van der Waals surface area (Å²) >= 11 is 1.20. The van der Waals surface area contributed by atoms with Crippen LogP contribution >= 0.6 is 11.3 Å². The molecule has 1 aromatic heterocycles. The largest absolute Gasteiger partial charge is 0.448 e. The first kappa shape index (κ1) is 20.3. The summed E-state index contributed by atoms with van der Waals surface area (Å²) in [6, 6.07) is 13.4. The van der Waals surface area contributed by atoms with Gasteiger partial charge in [0.05, 0.1) is 13.2 Å². The van der Waals surface area contributed by atoms with Crippen molar-refractivity contribution >= 4 is 44.7 Å². The summed E-state index contributed by atoms with van der Waals surface area (Å²) < 4.78 is 24.8. The van der Waals surface area contributed by atoms with Crippen molar-refractivity contribution in [2.45, 2.75) is 13.0 Å². The zero-order valence-corrected chi connectivity index (χ0v) is 17.2. The summed E-state index contributed by atoms with van der Waals surface area (Å²) in [7, 11) is 0. The van der Waals surface area contributed by atoms with Gasteiger partial charge >= 0.3 is 5.97 Å². The molecule has 3 aromatic rings. The van der Waals surface area contributed by atoms with Crippen LogP contribution in [0.2, 0.25) is 0 Å². The lowest BCUT2D eigenvalue weighted by atomic mass is 10.2. The normalized spacial score (nSPS) is 15.1. The van der Waals surface area contributed by atoms with Crippen LogP contribution in [0.5, 0.6) is 0 Å². The quantitative estimate of drug-likeness (QED) is 0.621. The molecule has 0 bridgehead atoms. The molecule has 2 aromatic carbocycles. The van der Waals surface area contributed by atoms with Crippen LogP contribution in [-0.4, -0.2) is 44.3 Å². The number of thiophene rings is 1. The highest BCUT2D eigenvalue weighted by atomic mass is 32.1. The Morgan fingerprint density at radius 1 is 1.13 bits per heavy atom. The fraction of sp³-hybridized carbons (Fsp3) is 0.273. The maximum absolute atomic E-state index is 13.3. The van der Waals surface area contributed by atoms with Crippen molar-refractivity contribution in [2.75, 3.05) is 36.5 Å². The zero-order chi connectivity index (χ0) is 21.1. The smallest absolute Gasteiger partial charge is 0.349 e. The lowest BCUT2D eigenvalue weighted by molar-refractivity contribution is -0.123. The molecule has 0 spiro atoms. The highest BCUT2D eigenvalue weighted by Gasteiger charge is 2.21. The van der Waals surface area contributed by atoms with Crippen LogP contribution in [-0.2, 0) is 14.3 Å². The summed E-state index contributed by atoms with van der Waals surface area (Å²) in [5, 5.41) is 3.39. The average Bonchev–Trinajstić information content (AvgIpc) is 3.18. The van der Waals surface area contributed by atoms with Crippen LogP contribution in [0.4, 0.5) is 15.8 Å². The number of rotatable bonds is 5. The molecule has 156 valence electrons. The number of carbonyl (C=O) groups is 2. The summed E-state index contributed by atoms with van der Waals surface area (Å²) in [6.07, 6.45) is -0.974. The van der Waals surface area contributed by atoms with E-state index in [9.17, 15) is 14.0 Å². The van der Waals surface area contributed by atoms with Gasteiger partial charge in [-0.15, -0.1) is 11.3 Å². The van der Waals surface area contributed by atoms with Crippen LogP contribution in [0, 0.1) is 5.82 Å². The number of carbonyl (C=O) groups excluding carboxylic acids is 2. The van der Waals surface area contributed by atoms with Gasteiger partial charge in [0.15, 0.2) is 6.10 Å². The van der Waals surface area contributed by atoms with Crippen molar-refractivity contribution in [3.8, 4) is 0 Å². The lowest BCUT2D eigenvalue weighted by Crippen LogP contribution is -2.36. The standard InChI is InChI=1S/C22H21FN2O4S/c1-14(29-22(27)20-13-15-12-16(23)2-7-19(15)30-20)21(26)24-17-3-5-18(6-4-17)25-8-10-28-11-9-25/h2-7,12-14H,8-11H2,1H3,(H,24,26). The summed E-state index contributed by atoms with van der Waals surface area (Å²) in [5.41, 5.74) is 1.69. The van der Waals surface area contributed by atoms with Gasteiger partial charge in [-0.25, -0.2) is 9.18 Å². The van der Waals surface area contributed by atoms with E-state index in [0.29, 0.717) is 29.2 Å². The van der Waals surface area contributed by atoms with E-state index in [1.165, 1.54) is 30.4 Å². The molecule has 0 saturated carbocycles. The molecule has 6 nitrogen and oxygen atoms in total. The second kappa shape index (κ2) is 8.81. The highest BCUT2D eigenvalue weighted by molar-refractivity contribution is 7.20. The SMILES string of the molecule is CC(OC(=O)c1cc2cc(F)ccc2s1)C(=O)Nc1ccc(N2CCOCC2)cc1. The number of hydrogen-bond acceptors (Lipinski definition) is 6. The van der Waals surface area contributed by atoms with Crippen molar-refractivity contribution < 1.29 is 23.5 Å². The number of anilines is 2. The van der Waals surface area contributed by atoms with Crippen LogP contribution < -0.4 is 10.2 Å². The third kappa shape index (κ3) is 4.60. The van der Waals surface area contributed by atoms with E-state index in [-0.39, 0.29) is 5.82 Å². The summed E-state index contributed by atoms with van der Waals surface area (Å²) in [4.78, 5) is 27.3. The van der Waals surface area contributed by atoms with E-state index >= 15 is 0 Å². The third-order valence-electron chi connectivity index (χ3n) is 4.84. The van der Waals surface area contributed by atoms with Gasteiger partial charge in [-0.2, -0.15) is 0 Å². The number of ether oxygens (including phenoxy) is 2. The predicted molar refractivity (Wildman–Crippen MR) is 115 cm³/mol. The Labute approximate surface area is 177 Å². The Hall–Kier alpha value is -2.97. The van der Waals surface area contributed by atoms with Crippen molar-refractivity contribution in [1.82, 2.24) is 0 Å². The average molecular weight is 428 g/mol. The topological polar surface area (TPSA) is 67.9 Å². The van der Waals surface area contributed by atoms with Gasteiger partial charge in [-0.1, -0.05) is 0 Å². The van der Waals surface area contributed by atoms with E-state index in [0.717, 1.165) is 23.5 Å². The van der Waals surface area contributed by atoms with Crippen molar-refractivity contribution in [3.05, 3.63) is 59.2 Å². The Morgan fingerprint density at radius 3 is 2.60 bits per heavy atom. The molecule has 0 aliphatic carbocycles. The predicted octanol–water partition coefficient (Wildman–Crippen LogP) is 4.06. The van der Waals surface area contributed by atoms with E-state index in [1.807, 2.05) is 24.3 Å². The van der Waals surface area contributed by atoms with Crippen LogP contribution in [0.3, 0.4) is 0 Å². The Kier molecular flexibility index (Phi) is 5.96. The van der Waals surface area contributed by atoms with Crippen molar-refractivity contribution in [1.29, 1.82) is 0 Å². The van der Waals surface area contributed by atoms with Crippen LogP contribution in [0.1, 0.15) is 16.6 Å². The number of benzene rings is 2. The van der Waals surface area contributed by atoms with Crippen LogP contribution in [0.25, 0.3) is 10.1 Å². The van der Waals surface area contributed by atoms with E-state index in [1.54, 1.807) is 12.1 Å². The maximum Gasteiger partial charge on any atom is 0.349 e. The minimum absolute atomic E-state index is 0.324. The van der Waals surface area contributed by atoms with Gasteiger partial charge in [0.25, 0.3) is 5.91 Å². The van der Waals surface area contributed by atoms with Gasteiger partial charge in [-0.3, -0.25) is 4.79 Å². The molecule has 1 fully saturated rings. The molecule has 4 rings (SSSR count). The second-order valence-corrected chi connectivity index (χ2v) is 8.06. The fourth-order valence-corrected chi connectivity index (χ4v) is 4.13. The monoisotopic (exact) mass is 428 g/mol. The molecule has 1 unspecified atom stereocenters. The molecule has 1 aliphatic rings. The van der Waals surface area contributed by atoms with Gasteiger partial charge in [-0.05, 0) is 60.8 Å². The number of amides is 1. The highest BCUT2D eigenvalue weighted by Crippen LogP contribution is 2.27. The van der Waals surface area contributed by atoms with Crippen molar-refractivity contribution in [2.24, 2.45) is 0 Å². The van der Waals surface area contributed by atoms with Crippen LogP contribution in [0.15, 0.2) is 48.5 Å². The number of hydrogen-bond donors (Lipinski definition) is 1. The van der Waals surface area contributed by atoms with E-state index < -0.39 is 18.0 Å². The first-order valence-corrected chi connectivity index (χ1v) is 10.4. The number of halogens is 1. The molecular weight excluding hydrogens is 407 g/mol. The van der Waals surface area contributed by atoms with E-state index in [2.05, 4.69) is 10.2 Å². The molecule has 8 heteroatoms. The summed E-state index contributed by atoms with van der Waals surface area (Å²) in [6.45, 7) is 4.60. The molecule has 30 heavy (non-hydrogen) atoms. The number of nitrogens with zero attached hydrogens (tertiary/aromatic N) is 1. The number of morpholine rings is 1. The minimum Gasteiger partial charge on any atom is -0.448 e. The zero-order valence-electron chi connectivity index (χ0n) is 16.4. The molecule has 1 saturated heterocycles. The Balaban J connectivity index is 1.35. The maximum atomic E-state index is 13.3. The molecule has 1 N–H and O–H groups in total. The minimum atomic E-state index is -0.974. The Bertz CT molecular complexity index is 1060. The molecule has 1 atom stereocenters. The van der Waals surface area contributed by atoms with E-state index in [4.69, 9.17) is 9.47 Å². The third-order valence-corrected chi connectivity index (χ3v) is 5.94. The lowest BCUT2D eigenvalue weighted by Gasteiger charge is -2.28.